The molecule has 1 rings (SSSR count). The van der Waals surface area contributed by atoms with Gasteiger partial charge in [0.15, 0.2) is 0 Å². The van der Waals surface area contributed by atoms with Crippen LogP contribution in [0.3, 0.4) is 0 Å². The van der Waals surface area contributed by atoms with Gasteiger partial charge in [0.2, 0.25) is 0 Å². The van der Waals surface area contributed by atoms with Crippen molar-refractivity contribution in [3.05, 3.63) is 23.0 Å². The van der Waals surface area contributed by atoms with Gasteiger partial charge in [-0.1, -0.05) is 0 Å². The minimum atomic E-state index is -0.877. The highest BCUT2D eigenvalue weighted by molar-refractivity contribution is 5.67. The van der Waals surface area contributed by atoms with Crippen molar-refractivity contribution in [1.29, 1.82) is 0 Å². The fourth-order valence-electron chi connectivity index (χ4n) is 1.37. The average Bonchev–Trinajstić information content (AvgIpc) is 2.19. The fraction of sp³-hybridized carbons (Fsp3) is 0.400. The minimum Gasteiger partial charge on any atom is -0.506 e. The number of nitrogens with two attached hydrogens (primary N) is 1. The summed E-state index contributed by atoms with van der Waals surface area (Å²) in [4.78, 5) is 14.4. The Morgan fingerprint density at radius 1 is 1.60 bits per heavy atom. The van der Waals surface area contributed by atoms with Crippen molar-refractivity contribution in [2.45, 2.75) is 26.3 Å². The second-order valence-corrected chi connectivity index (χ2v) is 3.29. The SMILES string of the molecule is Cc1ncc(CCC(=O)O)c(CN)c1O. The van der Waals surface area contributed by atoms with Crippen LogP contribution in [0.1, 0.15) is 23.2 Å². The highest BCUT2D eigenvalue weighted by Gasteiger charge is 2.11. The van der Waals surface area contributed by atoms with Crippen LogP contribution in [-0.2, 0) is 17.8 Å². The number of pyridine rings is 1. The Kier molecular flexibility index (Phi) is 3.62. The zero-order valence-corrected chi connectivity index (χ0v) is 8.53. The van der Waals surface area contributed by atoms with Gasteiger partial charge in [-0.25, -0.2) is 0 Å². The van der Waals surface area contributed by atoms with E-state index in [2.05, 4.69) is 4.98 Å². The molecule has 4 N–H and O–H groups in total. The van der Waals surface area contributed by atoms with E-state index >= 15 is 0 Å². The monoisotopic (exact) mass is 210 g/mol. The second kappa shape index (κ2) is 4.75. The summed E-state index contributed by atoms with van der Waals surface area (Å²) in [7, 11) is 0. The quantitative estimate of drug-likeness (QED) is 0.675. The molecule has 0 radical (unpaired) electrons. The zero-order valence-electron chi connectivity index (χ0n) is 8.53. The van der Waals surface area contributed by atoms with Crippen LogP contribution >= 0.6 is 0 Å². The predicted octanol–water partition coefficient (Wildman–Crippen LogP) is 0.572. The Balaban J connectivity index is 2.97. The number of aryl methyl sites for hydroxylation is 2. The summed E-state index contributed by atoms with van der Waals surface area (Å²) in [6.07, 6.45) is 1.92. The van der Waals surface area contributed by atoms with E-state index in [0.717, 1.165) is 0 Å². The van der Waals surface area contributed by atoms with E-state index in [9.17, 15) is 9.90 Å². The van der Waals surface area contributed by atoms with Gasteiger partial charge in [-0.2, -0.15) is 0 Å². The Hall–Kier alpha value is -1.62. The van der Waals surface area contributed by atoms with Crippen molar-refractivity contribution in [2.24, 2.45) is 5.73 Å². The predicted molar refractivity (Wildman–Crippen MR) is 54.5 cm³/mol. The molecule has 5 heteroatoms. The summed E-state index contributed by atoms with van der Waals surface area (Å²) in [5, 5.41) is 18.2. The Bertz CT molecular complexity index is 377. The number of carbonyl (C=O) groups is 1. The van der Waals surface area contributed by atoms with Crippen molar-refractivity contribution in [1.82, 2.24) is 4.98 Å². The van der Waals surface area contributed by atoms with Gasteiger partial charge >= 0.3 is 5.97 Å². The molecular formula is C10H14N2O3. The molecule has 0 bridgehead atoms. The van der Waals surface area contributed by atoms with Gasteiger partial charge in [0.1, 0.15) is 5.75 Å². The molecule has 0 saturated carbocycles. The first-order valence-corrected chi connectivity index (χ1v) is 4.64. The third-order valence-electron chi connectivity index (χ3n) is 2.24. The summed E-state index contributed by atoms with van der Waals surface area (Å²) in [5.41, 5.74) is 7.28. The van der Waals surface area contributed by atoms with Crippen LogP contribution in [0.4, 0.5) is 0 Å². The highest BCUT2D eigenvalue weighted by Crippen LogP contribution is 2.23. The van der Waals surface area contributed by atoms with Gasteiger partial charge in [-0.3, -0.25) is 9.78 Å². The Labute approximate surface area is 87.6 Å². The molecule has 0 spiro atoms. The lowest BCUT2D eigenvalue weighted by atomic mass is 10.0. The standard InChI is InChI=1S/C10H14N2O3/c1-6-10(15)8(4-11)7(5-12-6)2-3-9(13)14/h5,15H,2-4,11H2,1H3,(H,13,14). The van der Waals surface area contributed by atoms with Crippen LogP contribution in [0.5, 0.6) is 5.75 Å². The van der Waals surface area contributed by atoms with Crippen molar-refractivity contribution in [3.8, 4) is 5.75 Å². The number of aromatic hydroxyl groups is 1. The summed E-state index contributed by atoms with van der Waals surface area (Å²) in [6, 6.07) is 0. The van der Waals surface area contributed by atoms with E-state index in [1.54, 1.807) is 13.1 Å². The van der Waals surface area contributed by atoms with Gasteiger partial charge in [0.05, 0.1) is 5.69 Å². The van der Waals surface area contributed by atoms with Crippen molar-refractivity contribution < 1.29 is 15.0 Å². The molecule has 0 atom stereocenters. The van der Waals surface area contributed by atoms with Gasteiger partial charge in [0, 0.05) is 24.7 Å². The molecule has 0 aliphatic carbocycles. The maximum Gasteiger partial charge on any atom is 0.303 e. The summed E-state index contributed by atoms with van der Waals surface area (Å²) < 4.78 is 0. The molecule has 0 unspecified atom stereocenters. The van der Waals surface area contributed by atoms with Crippen LogP contribution in [0, 0.1) is 6.92 Å². The number of carboxylic acid groups (broad SMARTS) is 1. The molecule has 1 aromatic rings. The molecule has 0 aromatic carbocycles. The van der Waals surface area contributed by atoms with E-state index in [4.69, 9.17) is 10.8 Å². The van der Waals surface area contributed by atoms with Crippen LogP contribution in [-0.4, -0.2) is 21.2 Å². The van der Waals surface area contributed by atoms with Crippen molar-refractivity contribution in [2.75, 3.05) is 0 Å². The number of carboxylic acids is 1. The van der Waals surface area contributed by atoms with Crippen molar-refractivity contribution in [3.63, 3.8) is 0 Å². The zero-order chi connectivity index (χ0) is 11.4. The molecule has 82 valence electrons. The van der Waals surface area contributed by atoms with Crippen LogP contribution in [0.25, 0.3) is 0 Å². The average molecular weight is 210 g/mol. The lowest BCUT2D eigenvalue weighted by molar-refractivity contribution is -0.136. The number of aromatic nitrogens is 1. The normalized spacial score (nSPS) is 10.3. The molecule has 0 aliphatic rings. The van der Waals surface area contributed by atoms with Gasteiger partial charge in [0.25, 0.3) is 0 Å². The van der Waals surface area contributed by atoms with E-state index in [1.165, 1.54) is 0 Å². The van der Waals surface area contributed by atoms with Gasteiger partial charge < -0.3 is 15.9 Å². The first-order chi connectivity index (χ1) is 7.06. The number of hydrogen-bond acceptors (Lipinski definition) is 4. The lowest BCUT2D eigenvalue weighted by Gasteiger charge is -2.09. The largest absolute Gasteiger partial charge is 0.506 e. The molecule has 0 saturated heterocycles. The molecular weight excluding hydrogens is 196 g/mol. The van der Waals surface area contributed by atoms with E-state index in [1.807, 2.05) is 0 Å². The Morgan fingerprint density at radius 3 is 2.80 bits per heavy atom. The summed E-state index contributed by atoms with van der Waals surface area (Å²) in [6.45, 7) is 1.86. The highest BCUT2D eigenvalue weighted by atomic mass is 16.4. The van der Waals surface area contributed by atoms with Crippen LogP contribution in [0.15, 0.2) is 6.20 Å². The van der Waals surface area contributed by atoms with Crippen molar-refractivity contribution >= 4 is 5.97 Å². The fourth-order valence-corrected chi connectivity index (χ4v) is 1.37. The van der Waals surface area contributed by atoms with E-state index in [0.29, 0.717) is 23.2 Å². The summed E-state index contributed by atoms with van der Waals surface area (Å²) in [5.74, 6) is -0.807. The lowest BCUT2D eigenvalue weighted by Crippen LogP contribution is -2.06. The molecule has 1 heterocycles. The first kappa shape index (κ1) is 11.5. The third-order valence-corrected chi connectivity index (χ3v) is 2.24. The molecule has 1 aromatic heterocycles. The topological polar surface area (TPSA) is 96.4 Å². The second-order valence-electron chi connectivity index (χ2n) is 3.29. The number of hydrogen-bond donors (Lipinski definition) is 3. The third kappa shape index (κ3) is 2.66. The van der Waals surface area contributed by atoms with E-state index < -0.39 is 5.97 Å². The number of nitrogens with zero attached hydrogens (tertiary/aromatic N) is 1. The summed E-state index contributed by atoms with van der Waals surface area (Å²) >= 11 is 0. The smallest absolute Gasteiger partial charge is 0.303 e. The van der Waals surface area contributed by atoms with E-state index in [-0.39, 0.29) is 18.7 Å². The van der Waals surface area contributed by atoms with Gasteiger partial charge in [-0.15, -0.1) is 0 Å². The number of rotatable bonds is 4. The maximum absolute atomic E-state index is 10.4. The first-order valence-electron chi connectivity index (χ1n) is 4.64. The molecule has 0 amide bonds. The molecule has 5 nitrogen and oxygen atoms in total. The minimum absolute atomic E-state index is 0.0111. The Morgan fingerprint density at radius 2 is 2.27 bits per heavy atom. The molecule has 0 aliphatic heterocycles. The molecule has 0 fully saturated rings. The number of aliphatic carboxylic acids is 1. The van der Waals surface area contributed by atoms with Gasteiger partial charge in [-0.05, 0) is 18.9 Å². The van der Waals surface area contributed by atoms with Crippen LogP contribution in [0.2, 0.25) is 0 Å². The molecule has 15 heavy (non-hydrogen) atoms. The van der Waals surface area contributed by atoms with Crippen LogP contribution < -0.4 is 5.73 Å². The maximum atomic E-state index is 10.4.